The maximum absolute atomic E-state index is 12.0. The largest absolute Gasteiger partial charge is 0.311 e. The van der Waals surface area contributed by atoms with Crippen LogP contribution in [0.25, 0.3) is 5.65 Å². The standard InChI is InChI=1S/C16H21N3O/c1-16(7-3-4-8-16)12-17-11-13-10-15(20)19-9-5-2-6-14(19)18-13/h2,5-6,9-10,17H,3-4,7-8,11-12H2,1H3. The van der Waals surface area contributed by atoms with Gasteiger partial charge in [-0.3, -0.25) is 9.20 Å². The van der Waals surface area contributed by atoms with Gasteiger partial charge in [0.1, 0.15) is 5.65 Å². The van der Waals surface area contributed by atoms with E-state index in [4.69, 9.17) is 0 Å². The Morgan fingerprint density at radius 3 is 2.95 bits per heavy atom. The fraction of sp³-hybridized carbons (Fsp3) is 0.500. The first kappa shape index (κ1) is 13.3. The Bertz CT molecular complexity index is 656. The molecule has 0 spiro atoms. The monoisotopic (exact) mass is 271 g/mol. The molecule has 0 radical (unpaired) electrons. The summed E-state index contributed by atoms with van der Waals surface area (Å²) in [5, 5.41) is 3.47. The number of pyridine rings is 1. The van der Waals surface area contributed by atoms with E-state index in [1.165, 1.54) is 25.7 Å². The molecule has 2 heterocycles. The van der Waals surface area contributed by atoms with E-state index in [0.29, 0.717) is 17.6 Å². The number of nitrogens with zero attached hydrogens (tertiary/aromatic N) is 2. The zero-order valence-electron chi connectivity index (χ0n) is 11.9. The molecule has 0 bridgehead atoms. The molecular weight excluding hydrogens is 250 g/mol. The molecule has 1 aliphatic rings. The molecule has 2 aromatic rings. The van der Waals surface area contributed by atoms with E-state index >= 15 is 0 Å². The molecule has 1 saturated carbocycles. The van der Waals surface area contributed by atoms with Gasteiger partial charge in [-0.05, 0) is 30.4 Å². The molecule has 106 valence electrons. The van der Waals surface area contributed by atoms with Crippen molar-refractivity contribution in [1.29, 1.82) is 0 Å². The van der Waals surface area contributed by atoms with Gasteiger partial charge in [0.15, 0.2) is 0 Å². The molecule has 4 nitrogen and oxygen atoms in total. The van der Waals surface area contributed by atoms with Gasteiger partial charge < -0.3 is 5.32 Å². The lowest BCUT2D eigenvalue weighted by Crippen LogP contribution is -2.30. The van der Waals surface area contributed by atoms with Gasteiger partial charge in [0.05, 0.1) is 5.69 Å². The zero-order chi connectivity index (χ0) is 14.0. The number of hydrogen-bond acceptors (Lipinski definition) is 3. The molecule has 3 rings (SSSR count). The first-order chi connectivity index (χ1) is 9.66. The summed E-state index contributed by atoms with van der Waals surface area (Å²) < 4.78 is 1.57. The quantitative estimate of drug-likeness (QED) is 0.928. The summed E-state index contributed by atoms with van der Waals surface area (Å²) >= 11 is 0. The Hall–Kier alpha value is -1.68. The highest BCUT2D eigenvalue weighted by atomic mass is 16.1. The number of fused-ring (bicyclic) bond motifs is 1. The fourth-order valence-electron chi connectivity index (χ4n) is 3.09. The highest BCUT2D eigenvalue weighted by molar-refractivity contribution is 5.37. The van der Waals surface area contributed by atoms with Crippen LogP contribution in [-0.4, -0.2) is 15.9 Å². The summed E-state index contributed by atoms with van der Waals surface area (Å²) in [6, 6.07) is 7.23. The molecule has 0 aromatic carbocycles. The van der Waals surface area contributed by atoms with Crippen molar-refractivity contribution in [3.05, 3.63) is 46.5 Å². The summed E-state index contributed by atoms with van der Waals surface area (Å²) in [5.74, 6) is 0. The lowest BCUT2D eigenvalue weighted by molar-refractivity contribution is 0.314. The van der Waals surface area contributed by atoms with Gasteiger partial charge in [-0.15, -0.1) is 0 Å². The number of hydrogen-bond donors (Lipinski definition) is 1. The Kier molecular flexibility index (Phi) is 3.57. The van der Waals surface area contributed by atoms with Crippen molar-refractivity contribution in [3.63, 3.8) is 0 Å². The molecule has 0 atom stereocenters. The van der Waals surface area contributed by atoms with Crippen LogP contribution in [0.3, 0.4) is 0 Å². The molecular formula is C16H21N3O. The van der Waals surface area contributed by atoms with Crippen LogP contribution in [0.5, 0.6) is 0 Å². The van der Waals surface area contributed by atoms with Crippen molar-refractivity contribution in [2.45, 2.75) is 39.2 Å². The average Bonchev–Trinajstić information content (AvgIpc) is 2.86. The van der Waals surface area contributed by atoms with Crippen molar-refractivity contribution in [2.75, 3.05) is 6.54 Å². The van der Waals surface area contributed by atoms with Crippen LogP contribution in [0.2, 0.25) is 0 Å². The second-order valence-corrected chi connectivity index (χ2v) is 6.14. The third-order valence-corrected chi connectivity index (χ3v) is 4.29. The van der Waals surface area contributed by atoms with Gasteiger partial charge in [0.25, 0.3) is 5.56 Å². The van der Waals surface area contributed by atoms with E-state index in [1.54, 1.807) is 16.7 Å². The maximum Gasteiger partial charge on any atom is 0.258 e. The van der Waals surface area contributed by atoms with Crippen molar-refractivity contribution >= 4 is 5.65 Å². The molecule has 0 aliphatic heterocycles. The first-order valence-electron chi connectivity index (χ1n) is 7.34. The van der Waals surface area contributed by atoms with E-state index in [9.17, 15) is 4.79 Å². The average molecular weight is 271 g/mol. The predicted molar refractivity (Wildman–Crippen MR) is 79.7 cm³/mol. The predicted octanol–water partition coefficient (Wildman–Crippen LogP) is 2.36. The zero-order valence-corrected chi connectivity index (χ0v) is 11.9. The topological polar surface area (TPSA) is 46.4 Å². The summed E-state index contributed by atoms with van der Waals surface area (Å²) in [6.07, 6.45) is 7.03. The highest BCUT2D eigenvalue weighted by Gasteiger charge is 2.27. The first-order valence-corrected chi connectivity index (χ1v) is 7.34. The van der Waals surface area contributed by atoms with Gasteiger partial charge in [-0.2, -0.15) is 0 Å². The lowest BCUT2D eigenvalue weighted by atomic mass is 9.89. The molecule has 1 aliphatic carbocycles. The molecule has 1 N–H and O–H groups in total. The summed E-state index contributed by atoms with van der Waals surface area (Å²) in [7, 11) is 0. The van der Waals surface area contributed by atoms with E-state index < -0.39 is 0 Å². The van der Waals surface area contributed by atoms with Crippen LogP contribution in [-0.2, 0) is 6.54 Å². The molecule has 0 saturated heterocycles. The molecule has 4 heteroatoms. The van der Waals surface area contributed by atoms with Crippen LogP contribution in [0.1, 0.15) is 38.3 Å². The number of nitrogens with one attached hydrogen (secondary N) is 1. The number of aromatic nitrogens is 2. The Morgan fingerprint density at radius 1 is 1.35 bits per heavy atom. The smallest absolute Gasteiger partial charge is 0.258 e. The van der Waals surface area contributed by atoms with Crippen LogP contribution in [0.4, 0.5) is 0 Å². The summed E-state index contributed by atoms with van der Waals surface area (Å²) in [5.41, 5.74) is 1.94. The minimum Gasteiger partial charge on any atom is -0.311 e. The SMILES string of the molecule is CC1(CNCc2cc(=O)n3ccccc3n2)CCCC1. The highest BCUT2D eigenvalue weighted by Crippen LogP contribution is 2.36. The Balaban J connectivity index is 1.70. The fourth-order valence-corrected chi connectivity index (χ4v) is 3.09. The molecule has 0 amide bonds. The van der Waals surface area contributed by atoms with Gasteiger partial charge in [-0.1, -0.05) is 25.8 Å². The maximum atomic E-state index is 12.0. The second-order valence-electron chi connectivity index (χ2n) is 6.14. The minimum absolute atomic E-state index is 0.0144. The third kappa shape index (κ3) is 2.75. The number of rotatable bonds is 4. The summed E-state index contributed by atoms with van der Waals surface area (Å²) in [4.78, 5) is 16.5. The van der Waals surface area contributed by atoms with E-state index in [1.807, 2.05) is 18.2 Å². The third-order valence-electron chi connectivity index (χ3n) is 4.29. The van der Waals surface area contributed by atoms with Gasteiger partial charge >= 0.3 is 0 Å². The van der Waals surface area contributed by atoms with E-state index in [-0.39, 0.29) is 5.56 Å². The Labute approximate surface area is 118 Å². The van der Waals surface area contributed by atoms with Gasteiger partial charge in [-0.25, -0.2) is 4.98 Å². The molecule has 20 heavy (non-hydrogen) atoms. The van der Waals surface area contributed by atoms with Crippen LogP contribution >= 0.6 is 0 Å². The second kappa shape index (κ2) is 5.37. The summed E-state index contributed by atoms with van der Waals surface area (Å²) in [6.45, 7) is 4.01. The lowest BCUT2D eigenvalue weighted by Gasteiger charge is -2.23. The normalized spacial score (nSPS) is 17.6. The van der Waals surface area contributed by atoms with Gasteiger partial charge in [0.2, 0.25) is 0 Å². The van der Waals surface area contributed by atoms with Gasteiger partial charge in [0, 0.05) is 25.4 Å². The molecule has 0 unspecified atom stereocenters. The van der Waals surface area contributed by atoms with Crippen molar-refractivity contribution in [3.8, 4) is 0 Å². The van der Waals surface area contributed by atoms with Crippen molar-refractivity contribution < 1.29 is 0 Å². The van der Waals surface area contributed by atoms with Crippen LogP contribution in [0.15, 0.2) is 35.3 Å². The van der Waals surface area contributed by atoms with Crippen LogP contribution in [0, 0.1) is 5.41 Å². The Morgan fingerprint density at radius 2 is 2.15 bits per heavy atom. The van der Waals surface area contributed by atoms with Crippen molar-refractivity contribution in [1.82, 2.24) is 14.7 Å². The van der Waals surface area contributed by atoms with E-state index in [0.717, 1.165) is 12.2 Å². The molecule has 2 aromatic heterocycles. The minimum atomic E-state index is -0.0144. The van der Waals surface area contributed by atoms with E-state index in [2.05, 4.69) is 17.2 Å². The van der Waals surface area contributed by atoms with Crippen LogP contribution < -0.4 is 10.9 Å². The molecule has 1 fully saturated rings. The van der Waals surface area contributed by atoms with Crippen molar-refractivity contribution in [2.24, 2.45) is 5.41 Å².